The van der Waals surface area contributed by atoms with E-state index in [9.17, 15) is 0 Å². The summed E-state index contributed by atoms with van der Waals surface area (Å²) in [5.41, 5.74) is 8.59. The zero-order valence-electron chi connectivity index (χ0n) is 29.7. The first-order valence-corrected chi connectivity index (χ1v) is 20.2. The van der Waals surface area contributed by atoms with Crippen LogP contribution in [-0.4, -0.2) is 0 Å². The largest absolute Gasteiger partial charge is 0.331 e. The lowest BCUT2D eigenvalue weighted by Gasteiger charge is -2.25. The van der Waals surface area contributed by atoms with E-state index in [0.717, 1.165) is 11.1 Å². The second-order valence-corrected chi connectivity index (χ2v) is 16.7. The Hall–Kier alpha value is -5.36. The highest BCUT2D eigenvalue weighted by Crippen LogP contribution is 2.38. The fraction of sp³-hybridized carbons (Fsp3) is 0.0417. The summed E-state index contributed by atoms with van der Waals surface area (Å²) in [6.45, 7) is 4.16. The maximum Gasteiger partial charge on any atom is 0.0201 e. The fourth-order valence-corrected chi connectivity index (χ4v) is 11.0. The lowest BCUT2D eigenvalue weighted by Crippen LogP contribution is -2.26. The van der Waals surface area contributed by atoms with Gasteiger partial charge < -0.3 is 5.43 Å². The Balaban J connectivity index is 0.000000303. The molecule has 256 valence electrons. The number of hydrazine groups is 1. The Labute approximate surface area is 311 Å². The van der Waals surface area contributed by atoms with Gasteiger partial charge in [-0.05, 0) is 102 Å². The van der Waals surface area contributed by atoms with E-state index in [1.54, 1.807) is 6.20 Å². The van der Waals surface area contributed by atoms with Gasteiger partial charge in [-0.3, -0.25) is 5.84 Å². The smallest absolute Gasteiger partial charge is 0.0201 e. The third-order valence-electron chi connectivity index (χ3n) is 8.52. The molecule has 7 rings (SSSR count). The molecule has 0 saturated heterocycles. The molecule has 0 bridgehead atoms. The van der Waals surface area contributed by atoms with Crippen LogP contribution in [0, 0.1) is 6.92 Å². The minimum absolute atomic E-state index is 0.729. The molecule has 7 aromatic carbocycles. The molecule has 0 spiro atoms. The van der Waals surface area contributed by atoms with Crippen LogP contribution in [0.2, 0.25) is 0 Å². The van der Waals surface area contributed by atoms with Crippen LogP contribution in [0.3, 0.4) is 0 Å². The van der Waals surface area contributed by atoms with E-state index in [4.69, 9.17) is 5.84 Å². The van der Waals surface area contributed by atoms with Crippen molar-refractivity contribution in [3.63, 3.8) is 0 Å². The summed E-state index contributed by atoms with van der Waals surface area (Å²) >= 11 is 0. The van der Waals surface area contributed by atoms with Gasteiger partial charge in [0.1, 0.15) is 0 Å². The van der Waals surface area contributed by atoms with Gasteiger partial charge in [0.2, 0.25) is 0 Å². The summed E-state index contributed by atoms with van der Waals surface area (Å²) < 4.78 is 0. The first kappa shape index (κ1) is 36.4. The predicted molar refractivity (Wildman–Crippen MR) is 231 cm³/mol. The van der Waals surface area contributed by atoms with Crippen molar-refractivity contribution in [1.29, 1.82) is 0 Å². The molecule has 0 unspecified atom stereocenters. The van der Waals surface area contributed by atoms with Gasteiger partial charge in [0.25, 0.3) is 0 Å². The number of nitrogens with one attached hydrogen (secondary N) is 1. The Bertz CT molecular complexity index is 2000. The lowest BCUT2D eigenvalue weighted by atomic mass is 10.0. The van der Waals surface area contributed by atoms with Crippen molar-refractivity contribution in [2.45, 2.75) is 13.8 Å². The molecule has 0 atom stereocenters. The van der Waals surface area contributed by atoms with Gasteiger partial charge in [0.15, 0.2) is 0 Å². The molecule has 0 aliphatic carbocycles. The van der Waals surface area contributed by atoms with Crippen molar-refractivity contribution >= 4 is 53.2 Å². The second kappa shape index (κ2) is 18.8. The zero-order chi connectivity index (χ0) is 36.0. The van der Waals surface area contributed by atoms with Gasteiger partial charge >= 0.3 is 0 Å². The molecule has 0 amide bonds. The van der Waals surface area contributed by atoms with Crippen LogP contribution in [0.4, 0.5) is 0 Å². The van der Waals surface area contributed by atoms with Crippen LogP contribution in [0.5, 0.6) is 0 Å². The third-order valence-corrected chi connectivity index (χ3v) is 13.3. The number of allylic oxidation sites excluding steroid dienone is 3. The summed E-state index contributed by atoms with van der Waals surface area (Å²) in [7, 11) is -1.46. The molecule has 0 aliphatic rings. The van der Waals surface area contributed by atoms with E-state index >= 15 is 0 Å². The highest BCUT2D eigenvalue weighted by atomic mass is 31.1. The molecule has 7 aromatic rings. The Morgan fingerprint density at radius 2 is 0.885 bits per heavy atom. The molecule has 0 heterocycles. The number of rotatable bonds is 10. The van der Waals surface area contributed by atoms with Crippen molar-refractivity contribution in [1.82, 2.24) is 5.43 Å². The van der Waals surface area contributed by atoms with E-state index in [1.165, 1.54) is 48.5 Å². The lowest BCUT2D eigenvalue weighted by molar-refractivity contribution is 0.970. The van der Waals surface area contributed by atoms with Gasteiger partial charge in [0.05, 0.1) is 0 Å². The molecular weight excluding hydrogens is 666 g/mol. The number of nitrogens with two attached hydrogens (primary N) is 1. The number of hydrogen-bond acceptors (Lipinski definition) is 2. The summed E-state index contributed by atoms with van der Waals surface area (Å²) in [4.78, 5) is 0. The summed E-state index contributed by atoms with van der Waals surface area (Å²) in [5, 5.41) is 8.25. The molecule has 2 nitrogen and oxygen atoms in total. The quantitative estimate of drug-likeness (QED) is 0.0643. The molecule has 0 aliphatic heterocycles. The van der Waals surface area contributed by atoms with E-state index in [2.05, 4.69) is 176 Å². The van der Waals surface area contributed by atoms with Crippen LogP contribution in [0.1, 0.15) is 18.1 Å². The zero-order valence-corrected chi connectivity index (χ0v) is 31.5. The first-order valence-electron chi connectivity index (χ1n) is 17.5. The molecule has 4 heteroatoms. The molecule has 0 saturated carbocycles. The minimum Gasteiger partial charge on any atom is -0.331 e. The number of benzene rings is 7. The minimum atomic E-state index is -0.729. The van der Waals surface area contributed by atoms with Gasteiger partial charge in [-0.25, -0.2) is 0 Å². The van der Waals surface area contributed by atoms with Crippen molar-refractivity contribution in [3.8, 4) is 11.1 Å². The van der Waals surface area contributed by atoms with Gasteiger partial charge in [-0.15, -0.1) is 0 Å². The fourth-order valence-electron chi connectivity index (χ4n) is 6.17. The summed E-state index contributed by atoms with van der Waals surface area (Å²) in [6, 6.07) is 70.4. The topological polar surface area (TPSA) is 38.0 Å². The maximum atomic E-state index is 5.24. The SMILES string of the molecule is C/C=C\C(=C/NN)c1ccccc1.Cc1cccc(-c2cc(P(c3ccccc3)c3ccccc3)cc(P(c3ccccc3)c3ccccc3)c2)c1. The molecule has 0 aromatic heterocycles. The predicted octanol–water partition coefficient (Wildman–Crippen LogP) is 9.25. The summed E-state index contributed by atoms with van der Waals surface area (Å²) in [6.07, 6.45) is 5.76. The first-order chi connectivity index (χ1) is 25.6. The molecule has 0 fully saturated rings. The van der Waals surface area contributed by atoms with Crippen molar-refractivity contribution in [2.75, 3.05) is 0 Å². The average Bonchev–Trinajstić information content (AvgIpc) is 3.20. The standard InChI is InChI=1S/C37H30P2.C11H14N2/c1-29-15-14-16-30(25-29)31-26-36(38(32-17-6-2-7-18-32)33-19-8-3-9-20-33)28-37(27-31)39(34-21-10-4-11-22-34)35-23-12-5-13-24-35;1-2-6-11(9-13-12)10-7-4-3-5-8-10/h2-28H,1H3;2-9,13H,12H2,1H3/b;6-2-,11-9+. The van der Waals surface area contributed by atoms with Gasteiger partial charge in [0, 0.05) is 6.20 Å². The van der Waals surface area contributed by atoms with E-state index in [0.29, 0.717) is 0 Å². The second-order valence-electron chi connectivity index (χ2n) is 12.3. The number of hydrogen-bond donors (Lipinski definition) is 2. The highest BCUT2D eigenvalue weighted by Gasteiger charge is 2.22. The van der Waals surface area contributed by atoms with E-state index in [1.807, 2.05) is 49.4 Å². The van der Waals surface area contributed by atoms with Crippen molar-refractivity contribution < 1.29 is 0 Å². The molecule has 3 N–H and O–H groups in total. The molecular formula is C48H44N2P2. The van der Waals surface area contributed by atoms with Crippen LogP contribution < -0.4 is 43.1 Å². The van der Waals surface area contributed by atoms with Crippen LogP contribution in [0.25, 0.3) is 16.7 Å². The van der Waals surface area contributed by atoms with Crippen LogP contribution >= 0.6 is 15.8 Å². The third kappa shape index (κ3) is 9.49. The van der Waals surface area contributed by atoms with Gasteiger partial charge in [-0.1, -0.05) is 194 Å². The Morgan fingerprint density at radius 1 is 0.462 bits per heavy atom. The van der Waals surface area contributed by atoms with Crippen molar-refractivity contribution in [2.24, 2.45) is 5.84 Å². The van der Waals surface area contributed by atoms with Crippen molar-refractivity contribution in [3.05, 3.63) is 224 Å². The molecule has 0 radical (unpaired) electrons. The Kier molecular flexibility index (Phi) is 13.1. The van der Waals surface area contributed by atoms with E-state index in [-0.39, 0.29) is 0 Å². The van der Waals surface area contributed by atoms with Crippen LogP contribution in [0.15, 0.2) is 212 Å². The monoisotopic (exact) mass is 710 g/mol. The summed E-state index contributed by atoms with van der Waals surface area (Å²) in [5.74, 6) is 5.24. The average molecular weight is 711 g/mol. The van der Waals surface area contributed by atoms with Gasteiger partial charge in [-0.2, -0.15) is 0 Å². The Morgan fingerprint density at radius 3 is 1.27 bits per heavy atom. The molecule has 52 heavy (non-hydrogen) atoms. The normalized spacial score (nSPS) is 11.4. The van der Waals surface area contributed by atoms with Crippen LogP contribution in [-0.2, 0) is 0 Å². The van der Waals surface area contributed by atoms with E-state index < -0.39 is 15.8 Å². The highest BCUT2D eigenvalue weighted by molar-refractivity contribution is 7.81. The number of aryl methyl sites for hydroxylation is 1. The maximum absolute atomic E-state index is 5.24.